The lowest BCUT2D eigenvalue weighted by Crippen LogP contribution is -2.42. The molecule has 1 aromatic carbocycles. The molecule has 0 spiro atoms. The van der Waals surface area contributed by atoms with E-state index in [9.17, 15) is 9.59 Å². The molecule has 0 fully saturated rings. The zero-order valence-corrected chi connectivity index (χ0v) is 21.1. The molecule has 36 heavy (non-hydrogen) atoms. The molecule has 192 valence electrons. The fourth-order valence-corrected chi connectivity index (χ4v) is 4.15. The Morgan fingerprint density at radius 1 is 1.22 bits per heavy atom. The van der Waals surface area contributed by atoms with E-state index in [0.717, 1.165) is 0 Å². The Morgan fingerprint density at radius 2 is 2.06 bits per heavy atom. The van der Waals surface area contributed by atoms with Gasteiger partial charge < -0.3 is 25.0 Å². The van der Waals surface area contributed by atoms with Crippen LogP contribution in [0.1, 0.15) is 17.9 Å². The van der Waals surface area contributed by atoms with Crippen molar-refractivity contribution < 1.29 is 19.1 Å². The molecule has 2 N–H and O–H groups in total. The Bertz CT molecular complexity index is 1130. The van der Waals surface area contributed by atoms with Gasteiger partial charge in [-0.3, -0.25) is 19.5 Å². The maximum atomic E-state index is 12.9. The Balaban J connectivity index is 1.61. The van der Waals surface area contributed by atoms with Crippen molar-refractivity contribution in [2.75, 3.05) is 70.7 Å². The van der Waals surface area contributed by atoms with Crippen molar-refractivity contribution in [3.63, 3.8) is 0 Å². The molecule has 2 aliphatic rings. The minimum atomic E-state index is -0.667. The van der Waals surface area contributed by atoms with Crippen molar-refractivity contribution in [3.05, 3.63) is 35.1 Å². The first-order valence-electron chi connectivity index (χ1n) is 11.8. The van der Waals surface area contributed by atoms with Crippen LogP contribution in [0.15, 0.2) is 29.5 Å². The molecule has 3 heterocycles. The van der Waals surface area contributed by atoms with E-state index >= 15 is 0 Å². The number of anilines is 2. The molecule has 2 amide bonds. The number of fused-ring (bicyclic) bond motifs is 2. The summed E-state index contributed by atoms with van der Waals surface area (Å²) in [7, 11) is 3.41. The van der Waals surface area contributed by atoms with Gasteiger partial charge in [0.1, 0.15) is 29.6 Å². The molecule has 12 heteroatoms. The van der Waals surface area contributed by atoms with E-state index < -0.39 is 5.92 Å². The maximum Gasteiger partial charge on any atom is 0.238 e. The van der Waals surface area contributed by atoms with Gasteiger partial charge >= 0.3 is 0 Å². The van der Waals surface area contributed by atoms with Crippen LogP contribution in [0.3, 0.4) is 0 Å². The SMILES string of the molecule is COCCN1CCCOc2cc(ccc2Cl)N=CC2C(=O)Nc3ncnc(c32)NCCN(C)C(=O)C1. The second-order valence-electron chi connectivity index (χ2n) is 8.56. The molecule has 4 rings (SSSR count). The molecule has 1 atom stereocenters. The standard InChI is InChI=1S/C24H30ClN7O4/c1-31-8-6-26-22-21-17(24(34)30-23(21)29-15-28-22)13-27-16-4-5-18(25)19(12-16)36-10-3-7-32(9-11-35-2)14-20(31)33/h4-5,12-13,15,17H,3,6-11,14H2,1-2H3,(H2,26,28,29,30,34). The number of likely N-dealkylation sites (N-methyl/N-ethyl adjacent to an activating group) is 1. The van der Waals surface area contributed by atoms with Gasteiger partial charge in [-0.2, -0.15) is 0 Å². The topological polar surface area (TPSA) is 121 Å². The summed E-state index contributed by atoms with van der Waals surface area (Å²) in [6.07, 6.45) is 3.66. The fourth-order valence-electron chi connectivity index (χ4n) is 3.98. The number of carbonyl (C=O) groups excluding carboxylic acids is 2. The average molecular weight is 516 g/mol. The zero-order valence-electron chi connectivity index (χ0n) is 20.4. The lowest BCUT2D eigenvalue weighted by Gasteiger charge is -2.25. The average Bonchev–Trinajstić information content (AvgIpc) is 3.19. The van der Waals surface area contributed by atoms with Crippen LogP contribution in [0.5, 0.6) is 5.75 Å². The minimum Gasteiger partial charge on any atom is -0.492 e. The summed E-state index contributed by atoms with van der Waals surface area (Å²) < 4.78 is 11.1. The predicted octanol–water partition coefficient (Wildman–Crippen LogP) is 2.17. The van der Waals surface area contributed by atoms with E-state index in [-0.39, 0.29) is 18.4 Å². The van der Waals surface area contributed by atoms with Gasteiger partial charge in [0, 0.05) is 52.6 Å². The van der Waals surface area contributed by atoms with Gasteiger partial charge in [-0.05, 0) is 18.6 Å². The van der Waals surface area contributed by atoms with E-state index in [0.29, 0.717) is 79.5 Å². The first-order valence-corrected chi connectivity index (χ1v) is 12.2. The highest BCUT2D eigenvalue weighted by Crippen LogP contribution is 2.35. The number of amides is 2. The summed E-state index contributed by atoms with van der Waals surface area (Å²) in [5.74, 6) is 0.563. The number of carbonyl (C=O) groups is 2. The minimum absolute atomic E-state index is 0.00254. The summed E-state index contributed by atoms with van der Waals surface area (Å²) in [5, 5.41) is 6.50. The van der Waals surface area contributed by atoms with Gasteiger partial charge in [-0.25, -0.2) is 9.97 Å². The van der Waals surface area contributed by atoms with Gasteiger partial charge in [0.05, 0.1) is 36.0 Å². The number of nitrogens with one attached hydrogen (secondary N) is 2. The monoisotopic (exact) mass is 515 g/mol. The number of aliphatic imine (C=N–C) groups is 1. The predicted molar refractivity (Wildman–Crippen MR) is 138 cm³/mol. The summed E-state index contributed by atoms with van der Waals surface area (Å²) in [4.78, 5) is 42.3. The van der Waals surface area contributed by atoms with Crippen molar-refractivity contribution in [1.82, 2.24) is 19.8 Å². The highest BCUT2D eigenvalue weighted by molar-refractivity contribution is 6.32. The van der Waals surface area contributed by atoms with E-state index in [1.165, 1.54) is 6.33 Å². The zero-order chi connectivity index (χ0) is 25.5. The molecule has 11 nitrogen and oxygen atoms in total. The molecule has 1 unspecified atom stereocenters. The van der Waals surface area contributed by atoms with Gasteiger partial charge in [-0.1, -0.05) is 11.6 Å². The van der Waals surface area contributed by atoms with Gasteiger partial charge in [0.25, 0.3) is 0 Å². The Hall–Kier alpha value is -3.28. The van der Waals surface area contributed by atoms with Gasteiger partial charge in [-0.15, -0.1) is 0 Å². The number of nitrogens with zero attached hydrogens (tertiary/aromatic N) is 5. The van der Waals surface area contributed by atoms with Crippen LogP contribution in [0.25, 0.3) is 0 Å². The molecule has 0 saturated heterocycles. The third-order valence-corrected chi connectivity index (χ3v) is 6.33. The lowest BCUT2D eigenvalue weighted by atomic mass is 10.0. The number of rotatable bonds is 3. The Morgan fingerprint density at radius 3 is 2.89 bits per heavy atom. The first kappa shape index (κ1) is 25.8. The molecule has 0 radical (unpaired) electrons. The second kappa shape index (κ2) is 12.1. The summed E-state index contributed by atoms with van der Waals surface area (Å²) in [6, 6.07) is 5.21. The number of hydrogen-bond acceptors (Lipinski definition) is 9. The number of ether oxygens (including phenoxy) is 2. The van der Waals surface area contributed by atoms with Crippen LogP contribution >= 0.6 is 11.6 Å². The van der Waals surface area contributed by atoms with Crippen molar-refractivity contribution in [2.24, 2.45) is 4.99 Å². The normalized spacial score (nSPS) is 19.4. The molecule has 2 aromatic rings. The molecular weight excluding hydrogens is 486 g/mol. The van der Waals surface area contributed by atoms with Crippen molar-refractivity contribution in [1.29, 1.82) is 0 Å². The molecule has 0 aliphatic carbocycles. The molecular formula is C24H30ClN7O4. The highest BCUT2D eigenvalue weighted by atomic mass is 35.5. The first-order chi connectivity index (χ1) is 17.5. The maximum absolute atomic E-state index is 12.9. The third kappa shape index (κ3) is 6.28. The van der Waals surface area contributed by atoms with E-state index in [1.807, 2.05) is 0 Å². The van der Waals surface area contributed by atoms with Crippen LogP contribution < -0.4 is 15.4 Å². The summed E-state index contributed by atoms with van der Waals surface area (Å²) in [6.45, 7) is 3.43. The van der Waals surface area contributed by atoms with Crippen LogP contribution in [0.4, 0.5) is 17.3 Å². The quantitative estimate of drug-likeness (QED) is 0.638. The largest absolute Gasteiger partial charge is 0.492 e. The molecule has 2 bridgehead atoms. The second-order valence-corrected chi connectivity index (χ2v) is 8.96. The van der Waals surface area contributed by atoms with E-state index in [4.69, 9.17) is 21.1 Å². The fraction of sp³-hybridized carbons (Fsp3) is 0.458. The Kier molecular flexibility index (Phi) is 8.68. The van der Waals surface area contributed by atoms with Crippen LogP contribution in [0.2, 0.25) is 5.02 Å². The number of halogens is 1. The van der Waals surface area contributed by atoms with Crippen molar-refractivity contribution in [2.45, 2.75) is 12.3 Å². The van der Waals surface area contributed by atoms with Crippen LogP contribution in [-0.4, -0.2) is 97.9 Å². The number of aromatic nitrogens is 2. The van der Waals surface area contributed by atoms with Gasteiger partial charge in [0.2, 0.25) is 11.8 Å². The third-order valence-electron chi connectivity index (χ3n) is 6.02. The number of benzene rings is 1. The lowest BCUT2D eigenvalue weighted by molar-refractivity contribution is -0.131. The van der Waals surface area contributed by atoms with E-state index in [1.54, 1.807) is 43.5 Å². The van der Waals surface area contributed by atoms with E-state index in [2.05, 4.69) is 30.5 Å². The number of hydrogen-bond donors (Lipinski definition) is 2. The highest BCUT2D eigenvalue weighted by Gasteiger charge is 2.33. The molecule has 2 aliphatic heterocycles. The van der Waals surface area contributed by atoms with Crippen molar-refractivity contribution >= 4 is 47.0 Å². The molecule has 0 saturated carbocycles. The number of methoxy groups -OCH3 is 1. The van der Waals surface area contributed by atoms with Crippen LogP contribution in [0, 0.1) is 0 Å². The Labute approximate surface area is 214 Å². The van der Waals surface area contributed by atoms with Crippen molar-refractivity contribution in [3.8, 4) is 5.75 Å². The van der Waals surface area contributed by atoms with Gasteiger partial charge in [0.15, 0.2) is 0 Å². The summed E-state index contributed by atoms with van der Waals surface area (Å²) in [5.41, 5.74) is 1.23. The van der Waals surface area contributed by atoms with Crippen LogP contribution in [-0.2, 0) is 14.3 Å². The molecule has 1 aromatic heterocycles. The summed E-state index contributed by atoms with van der Waals surface area (Å²) >= 11 is 6.33. The smallest absolute Gasteiger partial charge is 0.238 e.